The molecule has 0 spiro atoms. The van der Waals surface area contributed by atoms with E-state index in [2.05, 4.69) is 31.1 Å². The second kappa shape index (κ2) is 8.60. The van der Waals surface area contributed by atoms with Crippen molar-refractivity contribution in [1.29, 1.82) is 0 Å². The molecule has 0 unspecified atom stereocenters. The van der Waals surface area contributed by atoms with Gasteiger partial charge in [-0.15, -0.1) is 5.10 Å². The largest absolute Gasteiger partial charge is 0.337 e. The number of hydrogen-bond acceptors (Lipinski definition) is 8. The van der Waals surface area contributed by atoms with E-state index < -0.39 is 10.0 Å². The molecule has 0 radical (unpaired) electrons. The zero-order chi connectivity index (χ0) is 22.2. The molecule has 31 heavy (non-hydrogen) atoms. The molecule has 2 aromatic heterocycles. The van der Waals surface area contributed by atoms with Crippen molar-refractivity contribution in [1.82, 2.24) is 33.4 Å². The number of carbonyl (C=O) groups excluding carboxylic acids is 1. The molecule has 1 fully saturated rings. The second-order valence-corrected chi connectivity index (χ2v) is 10.5. The molecule has 1 aromatic carbocycles. The molecule has 0 saturated carbocycles. The van der Waals surface area contributed by atoms with Crippen molar-refractivity contribution < 1.29 is 13.2 Å². The Balaban J connectivity index is 1.59. The standard InChI is InChI=1S/C19H25N7O3S2/c1-4-5-18(14-11-26(10-12(14)2)19(27)17-9-20-24-21-17)25(3)31(28,29)13-6-7-15-16(8-13)23-30-22-15/h6-9,12,14,18H,4-5,10-11H2,1-3H3,(H,20,21,24)/t12-,14+,18-/m1/s1. The van der Waals surface area contributed by atoms with E-state index in [1.165, 1.54) is 10.5 Å². The van der Waals surface area contributed by atoms with Gasteiger partial charge in [-0.1, -0.05) is 25.5 Å². The Morgan fingerprint density at radius 3 is 2.81 bits per heavy atom. The lowest BCUT2D eigenvalue weighted by molar-refractivity contribution is 0.0774. The summed E-state index contributed by atoms with van der Waals surface area (Å²) in [6, 6.07) is 4.61. The average Bonchev–Trinajstić information content (AvgIpc) is 3.51. The first kappa shape index (κ1) is 21.8. The Kier molecular flexibility index (Phi) is 6.04. The van der Waals surface area contributed by atoms with E-state index in [9.17, 15) is 13.2 Å². The Hall–Kier alpha value is -2.44. The van der Waals surface area contributed by atoms with E-state index in [0.717, 1.165) is 18.1 Å². The minimum absolute atomic E-state index is 0.0178. The number of hydrogen-bond donors (Lipinski definition) is 1. The summed E-state index contributed by atoms with van der Waals surface area (Å²) in [7, 11) is -2.10. The first-order valence-corrected chi connectivity index (χ1v) is 12.4. The lowest BCUT2D eigenvalue weighted by Crippen LogP contribution is -2.44. The maximum Gasteiger partial charge on any atom is 0.273 e. The highest BCUT2D eigenvalue weighted by Gasteiger charge is 2.42. The first-order chi connectivity index (χ1) is 14.8. The molecule has 3 atom stereocenters. The smallest absolute Gasteiger partial charge is 0.273 e. The number of fused-ring (bicyclic) bond motifs is 1. The van der Waals surface area contributed by atoms with Crippen LogP contribution in [0.3, 0.4) is 0 Å². The number of nitrogens with zero attached hydrogens (tertiary/aromatic N) is 6. The number of benzene rings is 1. The van der Waals surface area contributed by atoms with Gasteiger partial charge >= 0.3 is 0 Å². The van der Waals surface area contributed by atoms with Crippen LogP contribution >= 0.6 is 11.7 Å². The van der Waals surface area contributed by atoms with Gasteiger partial charge in [-0.25, -0.2) is 8.42 Å². The number of rotatable bonds is 7. The molecule has 1 aliphatic rings. The monoisotopic (exact) mass is 463 g/mol. The lowest BCUT2D eigenvalue weighted by atomic mass is 9.88. The molecule has 3 aromatic rings. The van der Waals surface area contributed by atoms with Crippen molar-refractivity contribution in [3.05, 3.63) is 30.1 Å². The number of aromatic amines is 1. The molecular weight excluding hydrogens is 438 g/mol. The van der Waals surface area contributed by atoms with Gasteiger partial charge in [0.25, 0.3) is 5.91 Å². The van der Waals surface area contributed by atoms with Gasteiger partial charge in [0.05, 0.1) is 22.8 Å². The van der Waals surface area contributed by atoms with Crippen LogP contribution in [0.15, 0.2) is 29.3 Å². The number of amides is 1. The van der Waals surface area contributed by atoms with Crippen LogP contribution in [0, 0.1) is 11.8 Å². The Bertz CT molecular complexity index is 1160. The van der Waals surface area contributed by atoms with Crippen molar-refractivity contribution in [2.45, 2.75) is 37.6 Å². The van der Waals surface area contributed by atoms with Gasteiger partial charge < -0.3 is 4.90 Å². The maximum absolute atomic E-state index is 13.5. The van der Waals surface area contributed by atoms with Crippen molar-refractivity contribution in [3.63, 3.8) is 0 Å². The van der Waals surface area contributed by atoms with Crippen LogP contribution in [0.2, 0.25) is 0 Å². The maximum atomic E-state index is 13.5. The van der Waals surface area contributed by atoms with E-state index >= 15 is 0 Å². The molecule has 3 heterocycles. The summed E-state index contributed by atoms with van der Waals surface area (Å²) in [5.74, 6) is 0.00469. The SMILES string of the molecule is CCC[C@H]([C@H]1CN(C(=O)c2cnn[nH]2)C[C@H]1C)N(C)S(=O)(=O)c1ccc2nsnc2c1. The van der Waals surface area contributed by atoms with Crippen LogP contribution in [0.4, 0.5) is 0 Å². The fourth-order valence-corrected chi connectivity index (χ4v) is 6.33. The van der Waals surface area contributed by atoms with E-state index in [1.54, 1.807) is 30.1 Å². The van der Waals surface area contributed by atoms with Crippen LogP contribution in [-0.4, -0.2) is 73.9 Å². The molecule has 1 aliphatic heterocycles. The van der Waals surface area contributed by atoms with Crippen molar-refractivity contribution >= 4 is 38.7 Å². The Labute approximate surface area is 185 Å². The highest BCUT2D eigenvalue weighted by Crippen LogP contribution is 2.34. The molecule has 0 aliphatic carbocycles. The van der Waals surface area contributed by atoms with Crippen molar-refractivity contribution in [2.75, 3.05) is 20.1 Å². The predicted molar refractivity (Wildman–Crippen MR) is 116 cm³/mol. The van der Waals surface area contributed by atoms with Gasteiger partial charge in [-0.2, -0.15) is 13.1 Å². The molecule has 1 N–H and O–H groups in total. The highest BCUT2D eigenvalue weighted by atomic mass is 32.2. The summed E-state index contributed by atoms with van der Waals surface area (Å²) in [5, 5.41) is 9.90. The molecule has 4 rings (SSSR count). The molecule has 1 saturated heterocycles. The van der Waals surface area contributed by atoms with Crippen LogP contribution in [-0.2, 0) is 10.0 Å². The fraction of sp³-hybridized carbons (Fsp3) is 0.526. The summed E-state index contributed by atoms with van der Waals surface area (Å²) in [6.45, 7) is 5.16. The van der Waals surface area contributed by atoms with Crippen molar-refractivity contribution in [2.24, 2.45) is 11.8 Å². The molecule has 0 bridgehead atoms. The number of aromatic nitrogens is 5. The summed E-state index contributed by atoms with van der Waals surface area (Å²) in [6.07, 6.45) is 2.95. The van der Waals surface area contributed by atoms with Gasteiger partial charge in [0, 0.05) is 26.2 Å². The Morgan fingerprint density at radius 2 is 2.10 bits per heavy atom. The average molecular weight is 464 g/mol. The minimum Gasteiger partial charge on any atom is -0.337 e. The first-order valence-electron chi connectivity index (χ1n) is 10.2. The molecular formula is C19H25N7O3S2. The van der Waals surface area contributed by atoms with Crippen LogP contribution in [0.1, 0.15) is 37.2 Å². The number of sulfonamides is 1. The van der Waals surface area contributed by atoms with E-state index in [0.29, 0.717) is 36.2 Å². The normalized spacial score (nSPS) is 20.6. The van der Waals surface area contributed by atoms with E-state index in [4.69, 9.17) is 0 Å². The molecule has 166 valence electrons. The minimum atomic E-state index is -3.73. The third-order valence-electron chi connectivity index (χ3n) is 6.05. The predicted octanol–water partition coefficient (Wildman–Crippen LogP) is 2.01. The Morgan fingerprint density at radius 1 is 1.32 bits per heavy atom. The highest BCUT2D eigenvalue weighted by molar-refractivity contribution is 7.89. The summed E-state index contributed by atoms with van der Waals surface area (Å²) in [5.41, 5.74) is 1.60. The van der Waals surface area contributed by atoms with Gasteiger partial charge in [0.2, 0.25) is 10.0 Å². The number of H-pyrrole nitrogens is 1. The van der Waals surface area contributed by atoms with Crippen LogP contribution in [0.25, 0.3) is 11.0 Å². The zero-order valence-corrected chi connectivity index (χ0v) is 19.2. The fourth-order valence-electron chi connectivity index (χ4n) is 4.36. The second-order valence-electron chi connectivity index (χ2n) is 8.01. The van der Waals surface area contributed by atoms with Crippen LogP contribution < -0.4 is 0 Å². The lowest BCUT2D eigenvalue weighted by Gasteiger charge is -2.33. The molecule has 10 nitrogen and oxygen atoms in total. The van der Waals surface area contributed by atoms with Gasteiger partial charge in [-0.3, -0.25) is 9.89 Å². The number of carbonyl (C=O) groups is 1. The van der Waals surface area contributed by atoms with Gasteiger partial charge in [-0.05, 0) is 36.5 Å². The quantitative estimate of drug-likeness (QED) is 0.568. The van der Waals surface area contributed by atoms with E-state index in [-0.39, 0.29) is 28.7 Å². The van der Waals surface area contributed by atoms with E-state index in [1.807, 2.05) is 6.92 Å². The number of likely N-dealkylation sites (tertiary alicyclic amines) is 1. The van der Waals surface area contributed by atoms with Gasteiger partial charge in [0.1, 0.15) is 16.7 Å². The summed E-state index contributed by atoms with van der Waals surface area (Å²) >= 11 is 1.06. The molecule has 1 amide bonds. The van der Waals surface area contributed by atoms with Crippen LogP contribution in [0.5, 0.6) is 0 Å². The third-order valence-corrected chi connectivity index (χ3v) is 8.49. The van der Waals surface area contributed by atoms with Gasteiger partial charge in [0.15, 0.2) is 0 Å². The van der Waals surface area contributed by atoms with Crippen molar-refractivity contribution in [3.8, 4) is 0 Å². The molecule has 12 heteroatoms. The third kappa shape index (κ3) is 4.06. The zero-order valence-electron chi connectivity index (χ0n) is 17.6. The summed E-state index contributed by atoms with van der Waals surface area (Å²) < 4.78 is 36.7. The topological polar surface area (TPSA) is 125 Å². The summed E-state index contributed by atoms with van der Waals surface area (Å²) in [4.78, 5) is 14.7. The number of nitrogens with one attached hydrogen (secondary N) is 1.